The van der Waals surface area contributed by atoms with Gasteiger partial charge in [-0.15, -0.1) is 0 Å². The summed E-state index contributed by atoms with van der Waals surface area (Å²) in [5.41, 5.74) is -0.107. The molecule has 0 rings (SSSR count). The zero-order valence-electron chi connectivity index (χ0n) is 8.23. The van der Waals surface area contributed by atoms with E-state index in [-0.39, 0.29) is 23.7 Å². The van der Waals surface area contributed by atoms with E-state index in [1.807, 2.05) is 20.8 Å². The molecule has 0 aliphatic carbocycles. The monoisotopic (exact) mass is 171 g/mol. The summed E-state index contributed by atoms with van der Waals surface area (Å²) < 4.78 is 0. The lowest BCUT2D eigenvalue weighted by molar-refractivity contribution is -0.136. The van der Waals surface area contributed by atoms with Crippen molar-refractivity contribution in [1.29, 1.82) is 0 Å². The highest BCUT2D eigenvalue weighted by Gasteiger charge is 2.15. The molecule has 0 unspecified atom stereocenters. The minimum Gasteiger partial charge on any atom is -0.305 e. The number of hydrogen-bond donors (Lipinski definition) is 1. The van der Waals surface area contributed by atoms with Crippen LogP contribution in [0, 0.1) is 0 Å². The Kier molecular flexibility index (Phi) is 4.10. The van der Waals surface area contributed by atoms with Crippen molar-refractivity contribution in [1.82, 2.24) is 5.32 Å². The van der Waals surface area contributed by atoms with Gasteiger partial charge in [0, 0.05) is 12.0 Å². The summed E-state index contributed by atoms with van der Waals surface area (Å²) in [7, 11) is 0. The van der Waals surface area contributed by atoms with Gasteiger partial charge in [-0.1, -0.05) is 6.92 Å². The molecule has 0 heterocycles. The molecule has 0 atom stereocenters. The summed E-state index contributed by atoms with van der Waals surface area (Å²) in [4.78, 5) is 21.8. The first-order chi connectivity index (χ1) is 5.37. The molecule has 0 aliphatic rings. The van der Waals surface area contributed by atoms with Crippen molar-refractivity contribution in [2.45, 2.75) is 39.7 Å². The van der Waals surface area contributed by atoms with Gasteiger partial charge in [-0.25, -0.2) is 0 Å². The van der Waals surface area contributed by atoms with Crippen molar-refractivity contribution in [2.75, 3.05) is 6.54 Å². The first-order valence-corrected chi connectivity index (χ1v) is 4.18. The lowest BCUT2D eigenvalue weighted by Crippen LogP contribution is -2.41. The molecule has 0 aromatic rings. The number of carbonyl (C=O) groups is 2. The Bertz CT molecular complexity index is 179. The minimum atomic E-state index is -0.326. The van der Waals surface area contributed by atoms with Crippen LogP contribution >= 0.6 is 0 Å². The second-order valence-corrected chi connectivity index (χ2v) is 3.80. The van der Waals surface area contributed by atoms with E-state index in [4.69, 9.17) is 0 Å². The summed E-state index contributed by atoms with van der Waals surface area (Å²) in [5, 5.41) is 2.97. The highest BCUT2D eigenvalue weighted by molar-refractivity contribution is 6.37. The largest absolute Gasteiger partial charge is 0.305 e. The molecule has 0 aromatic carbocycles. The highest BCUT2D eigenvalue weighted by atomic mass is 16.2. The van der Waals surface area contributed by atoms with E-state index in [0.717, 1.165) is 0 Å². The Morgan fingerprint density at radius 1 is 1.17 bits per heavy atom. The average molecular weight is 171 g/mol. The molecule has 0 radical (unpaired) electrons. The first-order valence-electron chi connectivity index (χ1n) is 4.18. The van der Waals surface area contributed by atoms with E-state index < -0.39 is 0 Å². The van der Waals surface area contributed by atoms with Crippen molar-refractivity contribution in [3.05, 3.63) is 0 Å². The maximum atomic E-state index is 11.0. The molecule has 12 heavy (non-hydrogen) atoms. The van der Waals surface area contributed by atoms with Crippen LogP contribution in [0.25, 0.3) is 0 Å². The Morgan fingerprint density at radius 3 is 2.00 bits per heavy atom. The van der Waals surface area contributed by atoms with E-state index in [0.29, 0.717) is 6.42 Å². The molecule has 0 amide bonds. The van der Waals surface area contributed by atoms with E-state index >= 15 is 0 Å². The Balaban J connectivity index is 3.80. The molecule has 0 fully saturated rings. The number of ketones is 2. The third kappa shape index (κ3) is 5.02. The fourth-order valence-corrected chi connectivity index (χ4v) is 0.641. The van der Waals surface area contributed by atoms with Crippen LogP contribution in [-0.2, 0) is 9.59 Å². The predicted molar refractivity (Wildman–Crippen MR) is 48.1 cm³/mol. The van der Waals surface area contributed by atoms with E-state index in [1.54, 1.807) is 6.92 Å². The molecule has 0 bridgehead atoms. The number of hydrogen-bond acceptors (Lipinski definition) is 3. The second kappa shape index (κ2) is 4.36. The molecular formula is C9H17NO2. The zero-order chi connectivity index (χ0) is 9.78. The molecule has 0 aromatic heterocycles. The van der Waals surface area contributed by atoms with Crippen LogP contribution in [-0.4, -0.2) is 23.7 Å². The van der Waals surface area contributed by atoms with Crippen LogP contribution in [0.2, 0.25) is 0 Å². The highest BCUT2D eigenvalue weighted by Crippen LogP contribution is 1.97. The van der Waals surface area contributed by atoms with Crippen molar-refractivity contribution < 1.29 is 9.59 Å². The van der Waals surface area contributed by atoms with Crippen molar-refractivity contribution in [3.63, 3.8) is 0 Å². The smallest absolute Gasteiger partial charge is 0.212 e. The van der Waals surface area contributed by atoms with Crippen LogP contribution in [0.5, 0.6) is 0 Å². The lowest BCUT2D eigenvalue weighted by atomic mass is 10.1. The summed E-state index contributed by atoms with van der Waals surface area (Å²) in [6.45, 7) is 7.71. The van der Waals surface area contributed by atoms with Crippen LogP contribution < -0.4 is 5.32 Å². The van der Waals surface area contributed by atoms with Crippen molar-refractivity contribution >= 4 is 11.6 Å². The Hall–Kier alpha value is -0.700. The molecule has 70 valence electrons. The fraction of sp³-hybridized carbons (Fsp3) is 0.778. The second-order valence-electron chi connectivity index (χ2n) is 3.80. The molecule has 1 N–H and O–H groups in total. The van der Waals surface area contributed by atoms with Gasteiger partial charge in [0.2, 0.25) is 5.78 Å². The zero-order valence-corrected chi connectivity index (χ0v) is 8.23. The van der Waals surface area contributed by atoms with E-state index in [2.05, 4.69) is 5.32 Å². The first kappa shape index (κ1) is 11.3. The van der Waals surface area contributed by atoms with Gasteiger partial charge in [0.25, 0.3) is 0 Å². The fourth-order valence-electron chi connectivity index (χ4n) is 0.641. The molecule has 3 heteroatoms. The van der Waals surface area contributed by atoms with Gasteiger partial charge < -0.3 is 5.32 Å². The van der Waals surface area contributed by atoms with Gasteiger partial charge in [0.1, 0.15) is 0 Å². The maximum Gasteiger partial charge on any atom is 0.212 e. The van der Waals surface area contributed by atoms with Gasteiger partial charge in [-0.3, -0.25) is 9.59 Å². The van der Waals surface area contributed by atoms with Gasteiger partial charge in [0.05, 0.1) is 6.54 Å². The summed E-state index contributed by atoms with van der Waals surface area (Å²) >= 11 is 0. The third-order valence-electron chi connectivity index (χ3n) is 1.41. The normalized spacial score (nSPS) is 11.3. The molecule has 0 aliphatic heterocycles. The number of nitrogens with one attached hydrogen (secondary N) is 1. The topological polar surface area (TPSA) is 46.2 Å². The Labute approximate surface area is 73.5 Å². The van der Waals surface area contributed by atoms with E-state index in [9.17, 15) is 9.59 Å². The number of Topliss-reactive ketones (excluding diaryl/α,β-unsaturated/α-hetero) is 2. The van der Waals surface area contributed by atoms with Gasteiger partial charge in [-0.2, -0.15) is 0 Å². The van der Waals surface area contributed by atoms with Crippen LogP contribution in [0.3, 0.4) is 0 Å². The quantitative estimate of drug-likeness (QED) is 0.640. The van der Waals surface area contributed by atoms with E-state index in [1.165, 1.54) is 0 Å². The summed E-state index contributed by atoms with van der Waals surface area (Å²) in [5.74, 6) is -0.626. The molecular weight excluding hydrogens is 154 g/mol. The van der Waals surface area contributed by atoms with Crippen LogP contribution in [0.15, 0.2) is 0 Å². The number of carbonyl (C=O) groups excluding carboxylic acids is 2. The number of rotatable bonds is 4. The maximum absolute atomic E-state index is 11.0. The minimum absolute atomic E-state index is 0.107. The van der Waals surface area contributed by atoms with Crippen LogP contribution in [0.1, 0.15) is 34.1 Å². The standard InChI is InChI=1S/C9H17NO2/c1-5-7(11)8(12)6-10-9(2,3)4/h10H,5-6H2,1-4H3. The van der Waals surface area contributed by atoms with Crippen molar-refractivity contribution in [2.24, 2.45) is 0 Å². The SMILES string of the molecule is CCC(=O)C(=O)CNC(C)(C)C. The van der Waals surface area contributed by atoms with Gasteiger partial charge in [0.15, 0.2) is 5.78 Å². The molecule has 0 spiro atoms. The Morgan fingerprint density at radius 2 is 1.67 bits per heavy atom. The molecule has 0 saturated heterocycles. The molecule has 0 saturated carbocycles. The van der Waals surface area contributed by atoms with Crippen LogP contribution in [0.4, 0.5) is 0 Å². The average Bonchev–Trinajstić information content (AvgIpc) is 1.97. The lowest BCUT2D eigenvalue weighted by Gasteiger charge is -2.19. The summed E-state index contributed by atoms with van der Waals surface area (Å²) in [6, 6.07) is 0. The van der Waals surface area contributed by atoms with Gasteiger partial charge >= 0.3 is 0 Å². The van der Waals surface area contributed by atoms with Gasteiger partial charge in [-0.05, 0) is 20.8 Å². The molecule has 3 nitrogen and oxygen atoms in total. The predicted octanol–water partition coefficient (Wildman–Crippen LogP) is 0.923. The van der Waals surface area contributed by atoms with Crippen molar-refractivity contribution in [3.8, 4) is 0 Å². The summed E-state index contributed by atoms with van der Waals surface area (Å²) in [6.07, 6.45) is 0.296. The third-order valence-corrected chi connectivity index (χ3v) is 1.41.